The molecule has 0 saturated carbocycles. The Morgan fingerprint density at radius 3 is 2.52 bits per heavy atom. The van der Waals surface area contributed by atoms with Crippen LogP contribution in [0.2, 0.25) is 0 Å². The minimum atomic E-state index is 0.682. The summed E-state index contributed by atoms with van der Waals surface area (Å²) in [6.45, 7) is 2.24. The number of hydrogen-bond donors (Lipinski definition) is 2. The molecule has 1 aromatic heterocycles. The number of rotatable bonds is 7. The van der Waals surface area contributed by atoms with E-state index in [1.165, 1.54) is 36.6 Å². The normalized spacial score (nSPS) is 11.2. The van der Waals surface area contributed by atoms with Crippen molar-refractivity contribution in [3.05, 3.63) is 51.0 Å². The highest BCUT2D eigenvalue weighted by Gasteiger charge is 2.11. The van der Waals surface area contributed by atoms with Gasteiger partial charge in [0.25, 0.3) is 0 Å². The van der Waals surface area contributed by atoms with Crippen LogP contribution in [0.25, 0.3) is 10.9 Å². The summed E-state index contributed by atoms with van der Waals surface area (Å²) in [6.07, 6.45) is 8.28. The molecule has 25 heavy (non-hydrogen) atoms. The molecule has 0 unspecified atom stereocenters. The van der Waals surface area contributed by atoms with Crippen molar-refractivity contribution in [2.75, 3.05) is 5.73 Å². The number of benzene rings is 2. The van der Waals surface area contributed by atoms with Crippen molar-refractivity contribution in [3.63, 3.8) is 0 Å². The minimum Gasteiger partial charge on any atom is -0.455 e. The quantitative estimate of drug-likeness (QED) is 0.286. The summed E-state index contributed by atoms with van der Waals surface area (Å²) in [5.74, 6) is 1.54. The standard InChI is InChI=1S/C20H22Br2N2O/c1-2-3-4-5-6-13-12-24-19-8-7-15(11-16(13)19)25-20-17(21)9-14(23)10-18(20)22/h7-12,24H,2-6,23H2,1H3. The second-order valence-electron chi connectivity index (χ2n) is 6.25. The fourth-order valence-corrected chi connectivity index (χ4v) is 4.35. The van der Waals surface area contributed by atoms with E-state index in [1.807, 2.05) is 18.2 Å². The molecule has 0 aliphatic carbocycles. The lowest BCUT2D eigenvalue weighted by atomic mass is 10.1. The Labute approximate surface area is 165 Å². The van der Waals surface area contributed by atoms with Crippen molar-refractivity contribution < 1.29 is 4.74 Å². The number of aryl methyl sites for hydroxylation is 1. The number of fused-ring (bicyclic) bond motifs is 1. The first-order valence-electron chi connectivity index (χ1n) is 8.61. The number of ether oxygens (including phenoxy) is 1. The Kier molecular flexibility index (Phi) is 6.07. The highest BCUT2D eigenvalue weighted by Crippen LogP contribution is 2.39. The molecule has 0 fully saturated rings. The molecule has 3 aromatic rings. The number of anilines is 1. The van der Waals surface area contributed by atoms with Gasteiger partial charge in [-0.1, -0.05) is 26.2 Å². The molecule has 1 heterocycles. The van der Waals surface area contributed by atoms with Crippen LogP contribution in [0.15, 0.2) is 45.5 Å². The Morgan fingerprint density at radius 1 is 1.04 bits per heavy atom. The number of unbranched alkanes of at least 4 members (excludes halogenated alkanes) is 3. The number of H-pyrrole nitrogens is 1. The summed E-state index contributed by atoms with van der Waals surface area (Å²) < 4.78 is 7.76. The molecule has 5 heteroatoms. The van der Waals surface area contributed by atoms with Crippen LogP contribution < -0.4 is 10.5 Å². The van der Waals surface area contributed by atoms with Gasteiger partial charge in [-0.2, -0.15) is 0 Å². The maximum atomic E-state index is 6.11. The second-order valence-corrected chi connectivity index (χ2v) is 7.96. The molecule has 0 radical (unpaired) electrons. The van der Waals surface area contributed by atoms with E-state index in [-0.39, 0.29) is 0 Å². The Hall–Kier alpha value is -1.46. The first-order chi connectivity index (χ1) is 12.1. The Balaban J connectivity index is 1.83. The van der Waals surface area contributed by atoms with Crippen molar-refractivity contribution in [2.24, 2.45) is 0 Å². The summed E-state index contributed by atoms with van der Waals surface area (Å²) in [4.78, 5) is 3.36. The monoisotopic (exact) mass is 464 g/mol. The highest BCUT2D eigenvalue weighted by molar-refractivity contribution is 9.11. The van der Waals surface area contributed by atoms with Crippen molar-refractivity contribution >= 4 is 48.5 Å². The second kappa shape index (κ2) is 8.28. The Bertz CT molecular complexity index is 850. The first kappa shape index (κ1) is 18.3. The average molecular weight is 466 g/mol. The summed E-state index contributed by atoms with van der Waals surface area (Å²) in [7, 11) is 0. The lowest BCUT2D eigenvalue weighted by molar-refractivity contribution is 0.477. The third-order valence-corrected chi connectivity index (χ3v) is 5.46. The molecule has 0 spiro atoms. The fraction of sp³-hybridized carbons (Fsp3) is 0.300. The molecule has 0 amide bonds. The van der Waals surface area contributed by atoms with Crippen molar-refractivity contribution in [1.29, 1.82) is 0 Å². The number of hydrogen-bond acceptors (Lipinski definition) is 2. The third-order valence-electron chi connectivity index (χ3n) is 4.28. The van der Waals surface area contributed by atoms with E-state index in [1.54, 1.807) is 0 Å². The van der Waals surface area contributed by atoms with Gasteiger partial charge in [-0.15, -0.1) is 0 Å². The molecular weight excluding hydrogens is 444 g/mol. The van der Waals surface area contributed by atoms with E-state index in [0.29, 0.717) is 5.69 Å². The molecule has 3 nitrogen and oxygen atoms in total. The van der Waals surface area contributed by atoms with E-state index in [2.05, 4.69) is 62.1 Å². The summed E-state index contributed by atoms with van der Waals surface area (Å²) in [6, 6.07) is 9.84. The topological polar surface area (TPSA) is 51.0 Å². The van der Waals surface area contributed by atoms with Gasteiger partial charge < -0.3 is 15.5 Å². The van der Waals surface area contributed by atoms with Crippen LogP contribution >= 0.6 is 31.9 Å². The molecule has 0 aliphatic heterocycles. The zero-order valence-corrected chi connectivity index (χ0v) is 17.4. The van der Waals surface area contributed by atoms with Gasteiger partial charge in [0.2, 0.25) is 0 Å². The molecule has 3 rings (SSSR count). The number of nitrogen functional groups attached to an aromatic ring is 1. The fourth-order valence-electron chi connectivity index (χ4n) is 2.96. The van der Waals surface area contributed by atoms with Gasteiger partial charge in [-0.05, 0) is 80.6 Å². The molecular formula is C20H22Br2N2O. The van der Waals surface area contributed by atoms with Crippen LogP contribution in [-0.2, 0) is 6.42 Å². The lowest BCUT2D eigenvalue weighted by Crippen LogP contribution is -1.91. The minimum absolute atomic E-state index is 0.682. The van der Waals surface area contributed by atoms with Crippen LogP contribution in [0.3, 0.4) is 0 Å². The maximum Gasteiger partial charge on any atom is 0.155 e. The van der Waals surface area contributed by atoms with Crippen molar-refractivity contribution in [3.8, 4) is 11.5 Å². The van der Waals surface area contributed by atoms with Gasteiger partial charge in [-0.25, -0.2) is 0 Å². The number of nitrogens with one attached hydrogen (secondary N) is 1. The summed E-state index contributed by atoms with van der Waals surface area (Å²) >= 11 is 7.04. The zero-order chi connectivity index (χ0) is 17.8. The van der Waals surface area contributed by atoms with Crippen molar-refractivity contribution in [2.45, 2.75) is 39.0 Å². The first-order valence-corrected chi connectivity index (χ1v) is 10.2. The van der Waals surface area contributed by atoms with Crippen LogP contribution in [0.5, 0.6) is 11.5 Å². The van der Waals surface area contributed by atoms with E-state index in [4.69, 9.17) is 10.5 Å². The van der Waals surface area contributed by atoms with E-state index < -0.39 is 0 Å². The van der Waals surface area contributed by atoms with Crippen LogP contribution in [0.4, 0.5) is 5.69 Å². The molecule has 132 valence electrons. The van der Waals surface area contributed by atoms with Gasteiger partial charge in [0, 0.05) is 22.8 Å². The lowest BCUT2D eigenvalue weighted by Gasteiger charge is -2.11. The summed E-state index contributed by atoms with van der Waals surface area (Å²) in [5, 5.41) is 1.23. The molecule has 0 atom stereocenters. The van der Waals surface area contributed by atoms with Crippen LogP contribution in [0, 0.1) is 0 Å². The average Bonchev–Trinajstić information content (AvgIpc) is 2.97. The zero-order valence-electron chi connectivity index (χ0n) is 14.2. The Morgan fingerprint density at radius 2 is 1.80 bits per heavy atom. The van der Waals surface area contributed by atoms with Gasteiger partial charge >= 0.3 is 0 Å². The number of aromatic amines is 1. The van der Waals surface area contributed by atoms with Gasteiger partial charge in [-0.3, -0.25) is 0 Å². The molecule has 0 bridgehead atoms. The predicted octanol–water partition coefficient (Wildman–Crippen LogP) is 7.19. The van der Waals surface area contributed by atoms with Crippen LogP contribution in [-0.4, -0.2) is 4.98 Å². The highest BCUT2D eigenvalue weighted by atomic mass is 79.9. The molecule has 2 aromatic carbocycles. The molecule has 0 saturated heterocycles. The van der Waals surface area contributed by atoms with E-state index in [0.717, 1.165) is 32.4 Å². The predicted molar refractivity (Wildman–Crippen MR) is 112 cm³/mol. The van der Waals surface area contributed by atoms with E-state index in [9.17, 15) is 0 Å². The molecule has 3 N–H and O–H groups in total. The number of nitrogens with two attached hydrogens (primary N) is 1. The number of aromatic nitrogens is 1. The SMILES string of the molecule is CCCCCCc1c[nH]c2ccc(Oc3c(Br)cc(N)cc3Br)cc12. The number of halogens is 2. The van der Waals surface area contributed by atoms with Crippen LogP contribution in [0.1, 0.15) is 38.2 Å². The van der Waals surface area contributed by atoms with Gasteiger partial charge in [0.1, 0.15) is 5.75 Å². The smallest absolute Gasteiger partial charge is 0.155 e. The summed E-state index contributed by atoms with van der Waals surface area (Å²) in [5.41, 5.74) is 9.03. The van der Waals surface area contributed by atoms with Gasteiger partial charge in [0.05, 0.1) is 8.95 Å². The maximum absolute atomic E-state index is 6.11. The third kappa shape index (κ3) is 4.39. The largest absolute Gasteiger partial charge is 0.455 e. The van der Waals surface area contributed by atoms with E-state index >= 15 is 0 Å². The molecule has 0 aliphatic rings. The van der Waals surface area contributed by atoms with Gasteiger partial charge in [0.15, 0.2) is 5.75 Å². The van der Waals surface area contributed by atoms with Crippen molar-refractivity contribution in [1.82, 2.24) is 4.98 Å².